The van der Waals surface area contributed by atoms with Gasteiger partial charge in [0.1, 0.15) is 0 Å². The normalized spacial score (nSPS) is 12.3. The van der Waals surface area contributed by atoms with Crippen molar-refractivity contribution in [1.29, 1.82) is 0 Å². The molecule has 0 unspecified atom stereocenters. The maximum absolute atomic E-state index is 5.06. The van der Waals surface area contributed by atoms with Gasteiger partial charge in [0.2, 0.25) is 5.95 Å². The summed E-state index contributed by atoms with van der Waals surface area (Å²) in [5.41, 5.74) is 6.49. The fourth-order valence-corrected chi connectivity index (χ4v) is 6.41. The molecule has 3 heterocycles. The van der Waals surface area contributed by atoms with Crippen LogP contribution in [0.25, 0.3) is 62.7 Å². The molecule has 40 heavy (non-hydrogen) atoms. The van der Waals surface area contributed by atoms with Crippen molar-refractivity contribution in [1.82, 2.24) is 19.5 Å². The van der Waals surface area contributed by atoms with Crippen LogP contribution in [0.15, 0.2) is 131 Å². The second-order valence-electron chi connectivity index (χ2n) is 9.75. The third-order valence-corrected chi connectivity index (χ3v) is 8.44. The second-order valence-corrected chi connectivity index (χ2v) is 10.8. The molecule has 0 atom stereocenters. The van der Waals surface area contributed by atoms with Gasteiger partial charge in [-0.25, -0.2) is 4.98 Å². The lowest BCUT2D eigenvalue weighted by Gasteiger charge is -2.12. The largest absolute Gasteiger partial charge is 0.278 e. The lowest BCUT2D eigenvalue weighted by atomic mass is 10.1. The Morgan fingerprint density at radius 2 is 1.10 bits per heavy atom. The molecule has 0 fully saturated rings. The molecule has 0 saturated carbocycles. The number of para-hydroxylation sites is 1. The van der Waals surface area contributed by atoms with Gasteiger partial charge >= 0.3 is 0 Å². The summed E-state index contributed by atoms with van der Waals surface area (Å²) in [5, 5.41) is 2.34. The molecule has 0 aliphatic carbocycles. The molecule has 0 bridgehead atoms. The highest BCUT2D eigenvalue weighted by Crippen LogP contribution is 2.42. The summed E-state index contributed by atoms with van der Waals surface area (Å²) in [6.45, 7) is 0. The van der Waals surface area contributed by atoms with Gasteiger partial charge in [-0.2, -0.15) is 9.97 Å². The minimum Gasteiger partial charge on any atom is -0.278 e. The molecule has 5 aromatic carbocycles. The lowest BCUT2D eigenvalue weighted by Crippen LogP contribution is -2.06. The van der Waals surface area contributed by atoms with Gasteiger partial charge in [0, 0.05) is 31.7 Å². The van der Waals surface area contributed by atoms with Gasteiger partial charge in [0.05, 0.1) is 11.0 Å². The van der Waals surface area contributed by atoms with E-state index in [0.29, 0.717) is 17.6 Å². The number of rotatable bonds is 3. The SMILES string of the molecule is C1=Cc2cc3c4ccccc4n(-c4nc(-c5ccccc5)nc(-c5ccccc5)n4)c3cc2Sc2ccccc21. The highest BCUT2D eigenvalue weighted by molar-refractivity contribution is 7.99. The Bertz CT molecular complexity index is 2020. The molecule has 1 aliphatic heterocycles. The Balaban J connectivity index is 1.42. The summed E-state index contributed by atoms with van der Waals surface area (Å²) in [6, 6.07) is 41.9. The van der Waals surface area contributed by atoms with E-state index in [1.165, 1.54) is 31.7 Å². The van der Waals surface area contributed by atoms with E-state index >= 15 is 0 Å². The smallest absolute Gasteiger partial charge is 0.238 e. The fraction of sp³-hybridized carbons (Fsp3) is 0. The minimum atomic E-state index is 0.605. The maximum Gasteiger partial charge on any atom is 0.238 e. The van der Waals surface area contributed by atoms with E-state index in [2.05, 4.69) is 77.4 Å². The summed E-state index contributed by atoms with van der Waals surface area (Å²) in [5.74, 6) is 1.90. The van der Waals surface area contributed by atoms with E-state index in [0.717, 1.165) is 22.2 Å². The fourth-order valence-electron chi connectivity index (χ4n) is 5.35. The van der Waals surface area contributed by atoms with Crippen LogP contribution in [0.5, 0.6) is 0 Å². The average molecular weight is 531 g/mol. The van der Waals surface area contributed by atoms with Crippen LogP contribution in [-0.2, 0) is 0 Å². The van der Waals surface area contributed by atoms with Gasteiger partial charge in [0.15, 0.2) is 11.6 Å². The van der Waals surface area contributed by atoms with Gasteiger partial charge in [0.25, 0.3) is 0 Å². The molecule has 0 amide bonds. The molecular weight excluding hydrogens is 508 g/mol. The van der Waals surface area contributed by atoms with Crippen molar-refractivity contribution in [2.24, 2.45) is 0 Å². The van der Waals surface area contributed by atoms with Gasteiger partial charge < -0.3 is 0 Å². The summed E-state index contributed by atoms with van der Waals surface area (Å²) >= 11 is 1.80. The molecule has 0 N–H and O–H groups in total. The zero-order chi connectivity index (χ0) is 26.5. The number of nitrogens with zero attached hydrogens (tertiary/aromatic N) is 4. The number of benzene rings is 5. The van der Waals surface area contributed by atoms with Crippen LogP contribution in [0.3, 0.4) is 0 Å². The molecular formula is C35H22N4S. The molecule has 2 aromatic heterocycles. The number of fused-ring (bicyclic) bond motifs is 5. The third kappa shape index (κ3) is 3.82. The van der Waals surface area contributed by atoms with Crippen LogP contribution in [0, 0.1) is 0 Å². The van der Waals surface area contributed by atoms with E-state index in [4.69, 9.17) is 15.0 Å². The van der Waals surface area contributed by atoms with Crippen LogP contribution in [0.4, 0.5) is 0 Å². The van der Waals surface area contributed by atoms with Crippen molar-refractivity contribution < 1.29 is 0 Å². The highest BCUT2D eigenvalue weighted by atomic mass is 32.2. The molecule has 188 valence electrons. The Morgan fingerprint density at radius 3 is 1.85 bits per heavy atom. The Hall–Kier alpha value is -5.00. The van der Waals surface area contributed by atoms with Gasteiger partial charge in [-0.1, -0.05) is 121 Å². The topological polar surface area (TPSA) is 43.6 Å². The van der Waals surface area contributed by atoms with Crippen molar-refractivity contribution in [3.05, 3.63) is 132 Å². The van der Waals surface area contributed by atoms with Gasteiger partial charge in [-0.15, -0.1) is 0 Å². The molecule has 0 spiro atoms. The molecule has 0 radical (unpaired) electrons. The van der Waals surface area contributed by atoms with E-state index in [9.17, 15) is 0 Å². The third-order valence-electron chi connectivity index (χ3n) is 7.27. The first-order valence-corrected chi connectivity index (χ1v) is 14.0. The minimum absolute atomic E-state index is 0.605. The zero-order valence-corrected chi connectivity index (χ0v) is 22.2. The maximum atomic E-state index is 5.06. The Kier molecular flexibility index (Phi) is 5.35. The second kappa shape index (κ2) is 9.33. The van der Waals surface area contributed by atoms with Crippen molar-refractivity contribution in [3.8, 4) is 28.7 Å². The standard InChI is InChI=1S/C35H22N4S/c1-3-12-24(13-4-1)33-36-34(25-14-5-2-6-15-25)38-35(37-33)39-29-17-9-8-16-27(29)28-21-26-20-19-23-11-7-10-18-31(23)40-32(26)22-30(28)39/h1-22H. The summed E-state index contributed by atoms with van der Waals surface area (Å²) in [4.78, 5) is 17.5. The molecule has 5 heteroatoms. The molecule has 1 aliphatic rings. The van der Waals surface area contributed by atoms with E-state index in [1.807, 2.05) is 60.7 Å². The van der Waals surface area contributed by atoms with E-state index in [-0.39, 0.29) is 0 Å². The van der Waals surface area contributed by atoms with Crippen LogP contribution >= 0.6 is 11.8 Å². The zero-order valence-electron chi connectivity index (χ0n) is 21.4. The van der Waals surface area contributed by atoms with E-state index < -0.39 is 0 Å². The first-order chi connectivity index (χ1) is 19.8. The lowest BCUT2D eigenvalue weighted by molar-refractivity contribution is 0.952. The summed E-state index contributed by atoms with van der Waals surface area (Å²) in [6.07, 6.45) is 4.44. The Labute approximate surface area is 235 Å². The van der Waals surface area contributed by atoms with E-state index in [1.54, 1.807) is 11.8 Å². The monoisotopic (exact) mass is 530 g/mol. The first-order valence-electron chi connectivity index (χ1n) is 13.2. The van der Waals surface area contributed by atoms with Crippen LogP contribution in [0.2, 0.25) is 0 Å². The van der Waals surface area contributed by atoms with Gasteiger partial charge in [-0.3, -0.25) is 4.57 Å². The average Bonchev–Trinajstić information content (AvgIpc) is 3.22. The summed E-state index contributed by atoms with van der Waals surface area (Å²) in [7, 11) is 0. The predicted octanol–water partition coefficient (Wildman–Crippen LogP) is 8.94. The number of hydrogen-bond acceptors (Lipinski definition) is 4. The van der Waals surface area contributed by atoms with Gasteiger partial charge in [-0.05, 0) is 35.4 Å². The first kappa shape index (κ1) is 22.9. The van der Waals surface area contributed by atoms with Crippen LogP contribution < -0.4 is 0 Å². The van der Waals surface area contributed by atoms with Crippen molar-refractivity contribution in [2.75, 3.05) is 0 Å². The molecule has 4 nitrogen and oxygen atoms in total. The van der Waals surface area contributed by atoms with Crippen LogP contribution in [0.1, 0.15) is 11.1 Å². The number of aromatic nitrogens is 4. The quantitative estimate of drug-likeness (QED) is 0.229. The van der Waals surface area contributed by atoms with Crippen molar-refractivity contribution in [2.45, 2.75) is 9.79 Å². The predicted molar refractivity (Wildman–Crippen MR) is 165 cm³/mol. The molecule has 7 aromatic rings. The van der Waals surface area contributed by atoms with Crippen LogP contribution in [-0.4, -0.2) is 19.5 Å². The summed E-state index contributed by atoms with van der Waals surface area (Å²) < 4.78 is 2.19. The molecule has 0 saturated heterocycles. The Morgan fingerprint density at radius 1 is 0.475 bits per heavy atom. The van der Waals surface area contributed by atoms with Crippen molar-refractivity contribution in [3.63, 3.8) is 0 Å². The van der Waals surface area contributed by atoms with Crippen molar-refractivity contribution >= 4 is 45.7 Å². The number of hydrogen-bond donors (Lipinski definition) is 0. The molecule has 8 rings (SSSR count). The highest BCUT2D eigenvalue weighted by Gasteiger charge is 2.20.